The van der Waals surface area contributed by atoms with Gasteiger partial charge in [-0.05, 0) is 11.5 Å². The molecule has 0 heterocycles. The number of hydrogen-bond acceptors (Lipinski definition) is 3. The highest BCUT2D eigenvalue weighted by Gasteiger charge is 2.18. The predicted molar refractivity (Wildman–Crippen MR) is 46.9 cm³/mol. The maximum Gasteiger partial charge on any atom is 0.488 e. The lowest BCUT2D eigenvalue weighted by atomic mass is 9.77. The number of halogens is 1. The lowest BCUT2D eigenvalue weighted by Gasteiger charge is -2.08. The first-order valence-corrected chi connectivity index (χ1v) is 3.79. The van der Waals surface area contributed by atoms with Crippen LogP contribution < -0.4 is 5.46 Å². The minimum absolute atomic E-state index is 0.0274. The molecule has 0 unspecified atom stereocenters. The predicted octanol–water partition coefficient (Wildman–Crippen LogP) is -0.348. The van der Waals surface area contributed by atoms with Crippen LogP contribution >= 0.6 is 0 Å². The van der Waals surface area contributed by atoms with Gasteiger partial charge in [-0.2, -0.15) is 0 Å². The molecule has 5 heteroatoms. The first kappa shape index (κ1) is 10.2. The Bertz CT molecular complexity index is 291. The monoisotopic (exact) mass is 184 g/mol. The van der Waals surface area contributed by atoms with Gasteiger partial charge in [0.25, 0.3) is 0 Å². The first-order valence-electron chi connectivity index (χ1n) is 3.79. The van der Waals surface area contributed by atoms with Crippen LogP contribution in [0.4, 0.5) is 4.39 Å². The average Bonchev–Trinajstić information content (AvgIpc) is 2.08. The summed E-state index contributed by atoms with van der Waals surface area (Å²) < 4.78 is 17.8. The van der Waals surface area contributed by atoms with Gasteiger partial charge in [0.2, 0.25) is 0 Å². The van der Waals surface area contributed by atoms with Crippen LogP contribution in [0, 0.1) is 5.82 Å². The Hall–Kier alpha value is -0.905. The third-order valence-corrected chi connectivity index (χ3v) is 1.72. The van der Waals surface area contributed by atoms with Crippen LogP contribution in [0.3, 0.4) is 0 Å². The van der Waals surface area contributed by atoms with Crippen molar-refractivity contribution >= 4 is 12.6 Å². The van der Waals surface area contributed by atoms with E-state index in [1.54, 1.807) is 0 Å². The summed E-state index contributed by atoms with van der Waals surface area (Å²) in [6, 6.07) is 4.12. The van der Waals surface area contributed by atoms with Crippen LogP contribution in [0.15, 0.2) is 18.2 Å². The summed E-state index contributed by atoms with van der Waals surface area (Å²) in [5, 5.41) is 17.8. The fourth-order valence-electron chi connectivity index (χ4n) is 1.11. The summed E-state index contributed by atoms with van der Waals surface area (Å²) in [4.78, 5) is 0. The van der Waals surface area contributed by atoms with Crippen molar-refractivity contribution in [3.8, 4) is 0 Å². The quantitative estimate of drug-likeness (QED) is 0.631. The van der Waals surface area contributed by atoms with Gasteiger partial charge in [0.1, 0.15) is 5.82 Å². The van der Waals surface area contributed by atoms with E-state index in [0.29, 0.717) is 0 Å². The molecule has 0 spiro atoms. The second-order valence-corrected chi connectivity index (χ2v) is 2.61. The van der Waals surface area contributed by atoms with E-state index >= 15 is 0 Å². The maximum absolute atomic E-state index is 13.1. The number of ether oxygens (including phenoxy) is 1. The van der Waals surface area contributed by atoms with Gasteiger partial charge < -0.3 is 14.8 Å². The Morgan fingerprint density at radius 3 is 2.69 bits per heavy atom. The molecule has 0 radical (unpaired) electrons. The molecule has 70 valence electrons. The standard InChI is InChI=1S/C8H10BFO3/c1-13-5-6-7(9(11)12)3-2-4-8(6)10/h2-4,11-12H,5H2,1H3. The molecule has 1 rings (SSSR count). The van der Waals surface area contributed by atoms with Crippen LogP contribution in [-0.4, -0.2) is 24.3 Å². The largest absolute Gasteiger partial charge is 0.488 e. The smallest absolute Gasteiger partial charge is 0.423 e. The van der Waals surface area contributed by atoms with E-state index in [1.165, 1.54) is 25.3 Å². The van der Waals surface area contributed by atoms with Crippen LogP contribution in [0.1, 0.15) is 5.56 Å². The van der Waals surface area contributed by atoms with Crippen molar-refractivity contribution in [1.29, 1.82) is 0 Å². The zero-order valence-electron chi connectivity index (χ0n) is 7.20. The van der Waals surface area contributed by atoms with E-state index < -0.39 is 12.9 Å². The Morgan fingerprint density at radius 1 is 1.46 bits per heavy atom. The van der Waals surface area contributed by atoms with E-state index in [-0.39, 0.29) is 17.6 Å². The van der Waals surface area contributed by atoms with Crippen molar-refractivity contribution in [1.82, 2.24) is 0 Å². The highest BCUT2D eigenvalue weighted by molar-refractivity contribution is 6.59. The summed E-state index contributed by atoms with van der Waals surface area (Å²) in [5.41, 5.74) is 0.321. The highest BCUT2D eigenvalue weighted by atomic mass is 19.1. The van der Waals surface area contributed by atoms with Crippen molar-refractivity contribution in [2.45, 2.75) is 6.61 Å². The van der Waals surface area contributed by atoms with Crippen LogP contribution in [-0.2, 0) is 11.3 Å². The minimum Gasteiger partial charge on any atom is -0.423 e. The van der Waals surface area contributed by atoms with E-state index in [2.05, 4.69) is 0 Å². The zero-order chi connectivity index (χ0) is 9.84. The third-order valence-electron chi connectivity index (χ3n) is 1.72. The Kier molecular flexibility index (Phi) is 3.42. The summed E-state index contributed by atoms with van der Waals surface area (Å²) >= 11 is 0. The Labute approximate surface area is 75.9 Å². The molecule has 0 aliphatic carbocycles. The highest BCUT2D eigenvalue weighted by Crippen LogP contribution is 2.05. The molecule has 0 amide bonds. The minimum atomic E-state index is -1.67. The van der Waals surface area contributed by atoms with Crippen molar-refractivity contribution in [2.75, 3.05) is 7.11 Å². The molecule has 3 nitrogen and oxygen atoms in total. The SMILES string of the molecule is COCc1c(F)cccc1B(O)O. The number of hydrogen-bond donors (Lipinski definition) is 2. The first-order chi connectivity index (χ1) is 6.16. The molecule has 1 aromatic rings. The van der Waals surface area contributed by atoms with E-state index in [4.69, 9.17) is 14.8 Å². The maximum atomic E-state index is 13.1. The molecule has 0 aromatic heterocycles. The van der Waals surface area contributed by atoms with Crippen molar-refractivity contribution in [3.05, 3.63) is 29.6 Å². The van der Waals surface area contributed by atoms with Crippen molar-refractivity contribution in [3.63, 3.8) is 0 Å². The van der Waals surface area contributed by atoms with Gasteiger partial charge in [-0.1, -0.05) is 12.1 Å². The van der Waals surface area contributed by atoms with E-state index in [9.17, 15) is 4.39 Å². The van der Waals surface area contributed by atoms with Gasteiger partial charge in [0.05, 0.1) is 6.61 Å². The van der Waals surface area contributed by atoms with E-state index in [1.807, 2.05) is 0 Å². The Balaban J connectivity index is 3.09. The van der Waals surface area contributed by atoms with Gasteiger partial charge in [-0.3, -0.25) is 0 Å². The molecule has 0 atom stereocenters. The van der Waals surface area contributed by atoms with Gasteiger partial charge in [0, 0.05) is 12.7 Å². The zero-order valence-corrected chi connectivity index (χ0v) is 7.20. The average molecular weight is 184 g/mol. The van der Waals surface area contributed by atoms with Crippen molar-refractivity contribution < 1.29 is 19.2 Å². The van der Waals surface area contributed by atoms with Crippen molar-refractivity contribution in [2.24, 2.45) is 0 Å². The van der Waals surface area contributed by atoms with Gasteiger partial charge in [-0.15, -0.1) is 0 Å². The molecule has 0 aliphatic rings. The molecule has 2 N–H and O–H groups in total. The van der Waals surface area contributed by atoms with Gasteiger partial charge in [-0.25, -0.2) is 4.39 Å². The normalized spacial score (nSPS) is 10.2. The third kappa shape index (κ3) is 2.27. The molecule has 13 heavy (non-hydrogen) atoms. The van der Waals surface area contributed by atoms with Gasteiger partial charge in [0.15, 0.2) is 0 Å². The number of benzene rings is 1. The number of rotatable bonds is 3. The summed E-state index contributed by atoms with van der Waals surface area (Å²) in [6.07, 6.45) is 0. The fourth-order valence-corrected chi connectivity index (χ4v) is 1.11. The topological polar surface area (TPSA) is 49.7 Å². The molecular weight excluding hydrogens is 174 g/mol. The molecule has 1 aromatic carbocycles. The number of methoxy groups -OCH3 is 1. The lowest BCUT2D eigenvalue weighted by Crippen LogP contribution is -2.34. The second-order valence-electron chi connectivity index (χ2n) is 2.61. The van der Waals surface area contributed by atoms with Gasteiger partial charge >= 0.3 is 7.12 Å². The molecular formula is C8H10BFO3. The lowest BCUT2D eigenvalue weighted by molar-refractivity contribution is 0.182. The summed E-state index contributed by atoms with van der Waals surface area (Å²) in [5.74, 6) is -0.493. The molecule has 0 saturated carbocycles. The molecule has 0 saturated heterocycles. The van der Waals surface area contributed by atoms with Crippen LogP contribution in [0.2, 0.25) is 0 Å². The Morgan fingerprint density at radius 2 is 2.15 bits per heavy atom. The van der Waals surface area contributed by atoms with E-state index in [0.717, 1.165) is 0 Å². The van der Waals surface area contributed by atoms with Crippen LogP contribution in [0.5, 0.6) is 0 Å². The molecule has 0 bridgehead atoms. The fraction of sp³-hybridized carbons (Fsp3) is 0.250. The second kappa shape index (κ2) is 4.36. The van der Waals surface area contributed by atoms with Crippen LogP contribution in [0.25, 0.3) is 0 Å². The summed E-state index contributed by atoms with van der Waals surface area (Å²) in [7, 11) is -0.249. The molecule has 0 aliphatic heterocycles. The summed E-state index contributed by atoms with van der Waals surface area (Å²) in [6.45, 7) is 0.0274. The molecule has 0 fully saturated rings.